The van der Waals surface area contributed by atoms with E-state index in [1.165, 1.54) is 16.2 Å². The van der Waals surface area contributed by atoms with Crippen molar-refractivity contribution in [2.24, 2.45) is 5.92 Å². The second kappa shape index (κ2) is 7.40. The highest BCUT2D eigenvalue weighted by Gasteiger charge is 2.43. The van der Waals surface area contributed by atoms with E-state index in [1.807, 2.05) is 0 Å². The molecule has 4 rings (SSSR count). The second-order valence-corrected chi connectivity index (χ2v) is 8.23. The number of benzene rings is 1. The summed E-state index contributed by atoms with van der Waals surface area (Å²) in [4.78, 5) is 43.6. The lowest BCUT2D eigenvalue weighted by molar-refractivity contribution is -0.121. The molecule has 2 aliphatic rings. The van der Waals surface area contributed by atoms with Crippen LogP contribution in [0.4, 0.5) is 10.8 Å². The fraction of sp³-hybridized carbons (Fsp3) is 0.368. The first-order valence-corrected chi connectivity index (χ1v) is 10.2. The van der Waals surface area contributed by atoms with E-state index in [4.69, 9.17) is 11.6 Å². The molecule has 1 aromatic heterocycles. The Bertz CT molecular complexity index is 894. The van der Waals surface area contributed by atoms with Crippen molar-refractivity contribution in [2.75, 3.05) is 10.2 Å². The van der Waals surface area contributed by atoms with Crippen molar-refractivity contribution in [3.8, 4) is 0 Å². The lowest BCUT2D eigenvalue weighted by Gasteiger charge is -2.29. The summed E-state index contributed by atoms with van der Waals surface area (Å²) in [5.74, 6) is -1.25. The Morgan fingerprint density at radius 1 is 1.33 bits per heavy atom. The highest BCUT2D eigenvalue weighted by atomic mass is 35.5. The number of carbonyl (C=O) groups is 3. The number of thiazole rings is 1. The van der Waals surface area contributed by atoms with E-state index in [0.717, 1.165) is 25.7 Å². The van der Waals surface area contributed by atoms with Crippen molar-refractivity contribution < 1.29 is 14.4 Å². The number of amides is 2. The Morgan fingerprint density at radius 3 is 2.81 bits per heavy atom. The molecule has 0 saturated heterocycles. The summed E-state index contributed by atoms with van der Waals surface area (Å²) >= 11 is 7.40. The van der Waals surface area contributed by atoms with Gasteiger partial charge < -0.3 is 5.32 Å². The van der Waals surface area contributed by atoms with Crippen molar-refractivity contribution in [3.05, 3.63) is 40.4 Å². The Morgan fingerprint density at radius 2 is 2.11 bits per heavy atom. The third-order valence-corrected chi connectivity index (χ3v) is 6.11. The molecule has 1 aliphatic heterocycles. The number of Topliss-reactive ketones (excluding diaryl/α,β-unsaturated/α-hetero) is 1. The van der Waals surface area contributed by atoms with Crippen LogP contribution in [0.2, 0.25) is 5.02 Å². The maximum Gasteiger partial charge on any atom is 0.300 e. The Labute approximate surface area is 165 Å². The van der Waals surface area contributed by atoms with Crippen LogP contribution in [0, 0.1) is 5.92 Å². The molecule has 1 N–H and O–H groups in total. The molecule has 2 aromatic rings. The minimum atomic E-state index is -0.770. The number of nitrogens with zero attached hydrogens (tertiary/aromatic N) is 2. The summed E-state index contributed by atoms with van der Waals surface area (Å²) in [6.45, 7) is 0. The topological polar surface area (TPSA) is 79.4 Å². The van der Waals surface area contributed by atoms with Crippen molar-refractivity contribution in [3.63, 3.8) is 0 Å². The van der Waals surface area contributed by atoms with Crippen LogP contribution in [0.25, 0.3) is 0 Å². The number of ketones is 1. The molecule has 2 amide bonds. The predicted octanol–water partition coefficient (Wildman–Crippen LogP) is 3.91. The molecule has 1 saturated carbocycles. The number of anilines is 2. The molecule has 1 atom stereocenters. The van der Waals surface area contributed by atoms with E-state index < -0.39 is 17.7 Å². The molecule has 8 heteroatoms. The fourth-order valence-electron chi connectivity index (χ4n) is 3.90. The third-order valence-electron chi connectivity index (χ3n) is 5.19. The van der Waals surface area contributed by atoms with E-state index >= 15 is 0 Å². The Hall–Kier alpha value is -2.25. The summed E-state index contributed by atoms with van der Waals surface area (Å²) in [6, 6.07) is 3.94. The van der Waals surface area contributed by atoms with Gasteiger partial charge in [-0.3, -0.25) is 19.3 Å². The van der Waals surface area contributed by atoms with E-state index in [-0.39, 0.29) is 5.91 Å². The van der Waals surface area contributed by atoms with Gasteiger partial charge in [-0.25, -0.2) is 4.98 Å². The number of nitrogens with one attached hydrogen (secondary N) is 1. The maximum atomic E-state index is 13.0. The zero-order valence-corrected chi connectivity index (χ0v) is 16.1. The lowest BCUT2D eigenvalue weighted by Crippen LogP contribution is -2.48. The van der Waals surface area contributed by atoms with Crippen LogP contribution in [0.1, 0.15) is 42.5 Å². The van der Waals surface area contributed by atoms with Gasteiger partial charge in [0.15, 0.2) is 5.13 Å². The molecule has 1 fully saturated rings. The van der Waals surface area contributed by atoms with E-state index in [2.05, 4.69) is 10.3 Å². The molecular formula is C19H18ClN3O3S. The number of halogens is 1. The average Bonchev–Trinajstić information content (AvgIpc) is 3.37. The second-order valence-electron chi connectivity index (χ2n) is 6.89. The first-order chi connectivity index (χ1) is 13.0. The monoisotopic (exact) mass is 403 g/mol. The van der Waals surface area contributed by atoms with Gasteiger partial charge in [0.2, 0.25) is 5.91 Å². The summed E-state index contributed by atoms with van der Waals surface area (Å²) in [5.41, 5.74) is 0.706. The van der Waals surface area contributed by atoms with Crippen molar-refractivity contribution >= 4 is 51.4 Å². The van der Waals surface area contributed by atoms with E-state index in [1.54, 1.807) is 29.8 Å². The summed E-state index contributed by atoms with van der Waals surface area (Å²) in [7, 11) is 0. The largest absolute Gasteiger partial charge is 0.300 e. The molecule has 0 radical (unpaired) electrons. The molecule has 0 bridgehead atoms. The van der Waals surface area contributed by atoms with Gasteiger partial charge in [0.05, 0.1) is 11.3 Å². The van der Waals surface area contributed by atoms with Gasteiger partial charge in [0.25, 0.3) is 11.7 Å². The predicted molar refractivity (Wildman–Crippen MR) is 104 cm³/mol. The summed E-state index contributed by atoms with van der Waals surface area (Å²) in [6.07, 6.45) is 6.43. The standard InChI is InChI=1S/C19H18ClN3O3S/c20-12-5-6-13-14(10-12)23(18(26)16(13)24)15(9-11-3-1-2-4-11)17(25)22-19-21-7-8-27-19/h5-8,10-11,15H,1-4,9H2,(H,21,22,25). The highest BCUT2D eigenvalue weighted by molar-refractivity contribution is 7.13. The molecular weight excluding hydrogens is 386 g/mol. The van der Waals surface area contributed by atoms with Crippen LogP contribution in [-0.4, -0.2) is 28.6 Å². The first-order valence-electron chi connectivity index (χ1n) is 8.92. The number of carbonyl (C=O) groups excluding carboxylic acids is 3. The van der Waals surface area contributed by atoms with E-state index in [0.29, 0.717) is 33.7 Å². The van der Waals surface area contributed by atoms with Gasteiger partial charge in [-0.1, -0.05) is 37.3 Å². The van der Waals surface area contributed by atoms with E-state index in [9.17, 15) is 14.4 Å². The zero-order valence-electron chi connectivity index (χ0n) is 14.5. The van der Waals surface area contributed by atoms with Gasteiger partial charge in [0.1, 0.15) is 6.04 Å². The van der Waals surface area contributed by atoms with Gasteiger partial charge in [-0.2, -0.15) is 0 Å². The van der Waals surface area contributed by atoms with Crippen LogP contribution >= 0.6 is 22.9 Å². The Balaban J connectivity index is 1.69. The van der Waals surface area contributed by atoms with Gasteiger partial charge in [-0.05, 0) is 30.5 Å². The van der Waals surface area contributed by atoms with Crippen LogP contribution in [0.15, 0.2) is 29.8 Å². The summed E-state index contributed by atoms with van der Waals surface area (Å²) in [5, 5.41) is 5.44. The van der Waals surface area contributed by atoms with Crippen LogP contribution in [-0.2, 0) is 9.59 Å². The number of fused-ring (bicyclic) bond motifs is 1. The molecule has 140 valence electrons. The quantitative estimate of drug-likeness (QED) is 0.767. The molecule has 1 aliphatic carbocycles. The SMILES string of the molecule is O=C1C(=O)N(C(CC2CCCC2)C(=O)Nc2nccs2)c2cc(Cl)ccc21. The minimum Gasteiger partial charge on any atom is -0.300 e. The third kappa shape index (κ3) is 3.49. The molecule has 6 nitrogen and oxygen atoms in total. The van der Waals surface area contributed by atoms with Crippen LogP contribution in [0.3, 0.4) is 0 Å². The number of hydrogen-bond donors (Lipinski definition) is 1. The van der Waals surface area contributed by atoms with Gasteiger partial charge in [0, 0.05) is 16.6 Å². The molecule has 27 heavy (non-hydrogen) atoms. The molecule has 0 spiro atoms. The Kier molecular flexibility index (Phi) is 4.97. The number of aromatic nitrogens is 1. The first kappa shape index (κ1) is 18.1. The summed E-state index contributed by atoms with van der Waals surface area (Å²) < 4.78 is 0. The molecule has 1 aromatic carbocycles. The normalized spacial score (nSPS) is 18.0. The lowest BCUT2D eigenvalue weighted by atomic mass is 9.96. The minimum absolute atomic E-state index is 0.294. The zero-order chi connectivity index (χ0) is 19.0. The van der Waals surface area contributed by atoms with Gasteiger partial charge in [-0.15, -0.1) is 11.3 Å². The average molecular weight is 404 g/mol. The van der Waals surface area contributed by atoms with Crippen molar-refractivity contribution in [1.29, 1.82) is 0 Å². The molecule has 1 unspecified atom stereocenters. The highest BCUT2D eigenvalue weighted by Crippen LogP contribution is 2.37. The number of rotatable bonds is 5. The van der Waals surface area contributed by atoms with Gasteiger partial charge >= 0.3 is 0 Å². The van der Waals surface area contributed by atoms with Crippen LogP contribution in [0.5, 0.6) is 0 Å². The maximum absolute atomic E-state index is 13.0. The number of hydrogen-bond acceptors (Lipinski definition) is 5. The fourth-order valence-corrected chi connectivity index (χ4v) is 4.60. The van der Waals surface area contributed by atoms with Crippen LogP contribution < -0.4 is 10.2 Å². The molecule has 2 heterocycles. The van der Waals surface area contributed by atoms with Crippen molar-refractivity contribution in [1.82, 2.24) is 4.98 Å². The smallest absolute Gasteiger partial charge is 0.300 e. The van der Waals surface area contributed by atoms with Crippen molar-refractivity contribution in [2.45, 2.75) is 38.1 Å².